The van der Waals surface area contributed by atoms with Gasteiger partial charge < -0.3 is 4.74 Å². The van der Waals surface area contributed by atoms with Gasteiger partial charge in [-0.2, -0.15) is 13.2 Å². The number of halogens is 4. The van der Waals surface area contributed by atoms with Crippen molar-refractivity contribution < 1.29 is 22.7 Å². The van der Waals surface area contributed by atoms with Crippen LogP contribution in [0.15, 0.2) is 24.3 Å². The molecule has 1 aromatic rings. The molecule has 0 amide bonds. The second-order valence-electron chi connectivity index (χ2n) is 8.65. The van der Waals surface area contributed by atoms with E-state index in [4.69, 9.17) is 4.74 Å². The highest BCUT2D eigenvalue weighted by molar-refractivity contribution is 9.10. The third-order valence-electron chi connectivity index (χ3n) is 6.28. The van der Waals surface area contributed by atoms with E-state index in [9.17, 15) is 18.0 Å². The van der Waals surface area contributed by atoms with Crippen molar-refractivity contribution >= 4 is 21.9 Å². The molecule has 0 saturated heterocycles. The highest BCUT2D eigenvalue weighted by Gasteiger charge is 2.57. The Morgan fingerprint density at radius 3 is 2.50 bits per heavy atom. The summed E-state index contributed by atoms with van der Waals surface area (Å²) in [6, 6.07) is 4.97. The van der Waals surface area contributed by atoms with Crippen LogP contribution in [0.3, 0.4) is 0 Å². The molecule has 0 aliphatic heterocycles. The van der Waals surface area contributed by atoms with Crippen molar-refractivity contribution in [1.82, 2.24) is 0 Å². The second-order valence-corrected chi connectivity index (χ2v) is 10.3. The largest absolute Gasteiger partial charge is 0.461 e. The van der Waals surface area contributed by atoms with Crippen LogP contribution in [-0.4, -0.2) is 10.3 Å². The van der Waals surface area contributed by atoms with E-state index in [0.29, 0.717) is 23.8 Å². The molecule has 1 aromatic carbocycles. The Morgan fingerprint density at radius 2 is 1.88 bits per heavy atom. The van der Waals surface area contributed by atoms with Crippen LogP contribution >= 0.6 is 15.9 Å². The molecule has 4 aliphatic carbocycles. The average molecular weight is 431 g/mol. The predicted octanol–water partition coefficient (Wildman–Crippen LogP) is 5.87. The molecule has 0 radical (unpaired) electrons. The molecule has 0 unspecified atom stereocenters. The molecular weight excluding hydrogens is 409 g/mol. The van der Waals surface area contributed by atoms with Gasteiger partial charge in [0.25, 0.3) is 0 Å². The molecule has 6 heteroatoms. The molecule has 4 saturated carbocycles. The standard InChI is InChI=1S/C20H22BrF3O2/c21-19-8-14-4-15(9-19)7-18(6-14,12-19)10-17(25)26-11-13-2-1-3-16(5-13)20(22,23)24/h1-3,5,14-15H,4,6-12H2/t14-,15-,18?,19?/m1/s1. The van der Waals surface area contributed by atoms with Gasteiger partial charge in [0.15, 0.2) is 0 Å². The first-order valence-electron chi connectivity index (χ1n) is 9.16. The van der Waals surface area contributed by atoms with E-state index >= 15 is 0 Å². The molecule has 26 heavy (non-hydrogen) atoms. The van der Waals surface area contributed by atoms with Crippen molar-refractivity contribution in [2.45, 2.75) is 62.1 Å². The third kappa shape index (κ3) is 3.67. The summed E-state index contributed by atoms with van der Waals surface area (Å²) in [6.45, 7) is -0.106. The van der Waals surface area contributed by atoms with Gasteiger partial charge in [-0.25, -0.2) is 0 Å². The number of hydrogen-bond donors (Lipinski definition) is 0. The van der Waals surface area contributed by atoms with Crippen LogP contribution in [-0.2, 0) is 22.3 Å². The molecule has 2 nitrogen and oxygen atoms in total. The van der Waals surface area contributed by atoms with Crippen LogP contribution < -0.4 is 0 Å². The summed E-state index contributed by atoms with van der Waals surface area (Å²) >= 11 is 3.93. The second kappa shape index (κ2) is 6.25. The SMILES string of the molecule is O=C(CC12C[C@H]3C[C@@H](CC(Br)(C3)C1)C2)OCc1cccc(C(F)(F)F)c1. The highest BCUT2D eigenvalue weighted by Crippen LogP contribution is 2.65. The number of benzene rings is 1. The average Bonchev–Trinajstić information content (AvgIpc) is 2.49. The van der Waals surface area contributed by atoms with Crippen molar-refractivity contribution in [1.29, 1.82) is 0 Å². The molecule has 4 aliphatic rings. The van der Waals surface area contributed by atoms with Crippen molar-refractivity contribution in [3.63, 3.8) is 0 Å². The van der Waals surface area contributed by atoms with Crippen molar-refractivity contribution in [2.24, 2.45) is 17.3 Å². The first-order chi connectivity index (χ1) is 12.1. The van der Waals surface area contributed by atoms with E-state index in [0.717, 1.165) is 31.4 Å². The Labute approximate surface area is 159 Å². The zero-order valence-electron chi connectivity index (χ0n) is 14.4. The van der Waals surface area contributed by atoms with E-state index in [2.05, 4.69) is 15.9 Å². The Balaban J connectivity index is 1.38. The minimum atomic E-state index is -4.39. The minimum absolute atomic E-state index is 0.0124. The number of carbonyl (C=O) groups is 1. The van der Waals surface area contributed by atoms with E-state index in [1.807, 2.05) is 0 Å². The van der Waals surface area contributed by atoms with Gasteiger partial charge in [0.2, 0.25) is 0 Å². The Bertz CT molecular complexity index is 701. The summed E-state index contributed by atoms with van der Waals surface area (Å²) in [6.07, 6.45) is 2.83. The van der Waals surface area contributed by atoms with Crippen LogP contribution in [0.25, 0.3) is 0 Å². The smallest absolute Gasteiger partial charge is 0.416 e. The lowest BCUT2D eigenvalue weighted by Crippen LogP contribution is -2.53. The Kier molecular flexibility index (Phi) is 4.41. The van der Waals surface area contributed by atoms with E-state index in [1.165, 1.54) is 25.3 Å². The fourth-order valence-corrected chi connectivity index (χ4v) is 7.41. The first-order valence-corrected chi connectivity index (χ1v) is 9.95. The van der Waals surface area contributed by atoms with Gasteiger partial charge in [-0.05, 0) is 73.5 Å². The van der Waals surface area contributed by atoms with Crippen LogP contribution in [0.4, 0.5) is 13.2 Å². The van der Waals surface area contributed by atoms with E-state index in [1.54, 1.807) is 6.07 Å². The fraction of sp³-hybridized carbons (Fsp3) is 0.650. The molecule has 5 rings (SSSR count). The lowest BCUT2D eigenvalue weighted by atomic mass is 9.49. The molecule has 0 heterocycles. The zero-order chi connectivity index (χ0) is 18.6. The maximum absolute atomic E-state index is 12.8. The number of ether oxygens (including phenoxy) is 1. The normalized spacial score (nSPS) is 35.5. The molecule has 142 valence electrons. The molecule has 4 bridgehead atoms. The van der Waals surface area contributed by atoms with Crippen molar-refractivity contribution in [3.8, 4) is 0 Å². The maximum atomic E-state index is 12.8. The van der Waals surface area contributed by atoms with Crippen molar-refractivity contribution in [2.75, 3.05) is 0 Å². The van der Waals surface area contributed by atoms with Crippen molar-refractivity contribution in [3.05, 3.63) is 35.4 Å². The van der Waals surface area contributed by atoms with Crippen LogP contribution in [0.5, 0.6) is 0 Å². The molecule has 2 atom stereocenters. The third-order valence-corrected chi connectivity index (χ3v) is 7.21. The van der Waals surface area contributed by atoms with E-state index in [-0.39, 0.29) is 22.3 Å². The number of rotatable bonds is 4. The Hall–Kier alpha value is -1.04. The summed E-state index contributed by atoms with van der Waals surface area (Å²) < 4.78 is 43.9. The molecule has 0 spiro atoms. The summed E-state index contributed by atoms with van der Waals surface area (Å²) in [5.41, 5.74) is -0.331. The molecule has 0 aromatic heterocycles. The zero-order valence-corrected chi connectivity index (χ0v) is 16.0. The van der Waals surface area contributed by atoms with Crippen LogP contribution in [0.1, 0.15) is 56.1 Å². The lowest BCUT2D eigenvalue weighted by Gasteiger charge is -2.60. The van der Waals surface area contributed by atoms with Gasteiger partial charge in [0.05, 0.1) is 12.0 Å². The van der Waals surface area contributed by atoms with E-state index < -0.39 is 11.7 Å². The van der Waals surface area contributed by atoms with Gasteiger partial charge in [-0.1, -0.05) is 28.1 Å². The topological polar surface area (TPSA) is 26.3 Å². The quantitative estimate of drug-likeness (QED) is 0.440. The molecule has 4 fully saturated rings. The predicted molar refractivity (Wildman–Crippen MR) is 94.6 cm³/mol. The monoisotopic (exact) mass is 430 g/mol. The number of carbonyl (C=O) groups excluding carboxylic acids is 1. The Morgan fingerprint density at radius 1 is 1.19 bits per heavy atom. The van der Waals surface area contributed by atoms with Gasteiger partial charge >= 0.3 is 12.1 Å². The maximum Gasteiger partial charge on any atom is 0.416 e. The van der Waals surface area contributed by atoms with Crippen LogP contribution in [0, 0.1) is 17.3 Å². The number of alkyl halides is 4. The van der Waals surface area contributed by atoms with Gasteiger partial charge in [-0.15, -0.1) is 0 Å². The van der Waals surface area contributed by atoms with Gasteiger partial charge in [0.1, 0.15) is 6.61 Å². The summed E-state index contributed by atoms with van der Waals surface area (Å²) in [4.78, 5) is 12.4. The number of esters is 1. The summed E-state index contributed by atoms with van der Waals surface area (Å²) in [7, 11) is 0. The summed E-state index contributed by atoms with van der Waals surface area (Å²) in [5, 5.41) is 0. The van der Waals surface area contributed by atoms with Crippen LogP contribution in [0.2, 0.25) is 0 Å². The number of hydrogen-bond acceptors (Lipinski definition) is 2. The van der Waals surface area contributed by atoms with Gasteiger partial charge in [-0.3, -0.25) is 4.79 Å². The molecular formula is C20H22BrF3O2. The highest BCUT2D eigenvalue weighted by atomic mass is 79.9. The summed E-state index contributed by atoms with van der Waals surface area (Å²) in [5.74, 6) is 1.08. The van der Waals surface area contributed by atoms with Gasteiger partial charge in [0, 0.05) is 4.32 Å². The fourth-order valence-electron chi connectivity index (χ4n) is 5.90. The molecule has 0 N–H and O–H groups in total. The minimum Gasteiger partial charge on any atom is -0.461 e. The lowest BCUT2D eigenvalue weighted by molar-refractivity contribution is -0.152. The first kappa shape index (κ1) is 18.3.